The summed E-state index contributed by atoms with van der Waals surface area (Å²) in [7, 11) is 1.85. The first-order valence-corrected chi connectivity index (χ1v) is 10.5. The number of anilines is 1. The van der Waals surface area contributed by atoms with Gasteiger partial charge in [0.25, 0.3) is 0 Å². The Bertz CT molecular complexity index is 1000. The summed E-state index contributed by atoms with van der Waals surface area (Å²) in [5.74, 6) is 1.14. The van der Waals surface area contributed by atoms with Gasteiger partial charge in [-0.15, -0.1) is 10.2 Å². The fraction of sp³-hybridized carbons (Fsp3) is 0.250. The topological polar surface area (TPSA) is 59.8 Å². The summed E-state index contributed by atoms with van der Waals surface area (Å²) in [6.07, 6.45) is 0. The Hall–Kier alpha value is -2.02. The van der Waals surface area contributed by atoms with Crippen molar-refractivity contribution in [3.8, 4) is 11.4 Å². The number of amides is 1. The fourth-order valence-electron chi connectivity index (χ4n) is 2.76. The molecule has 1 aromatic heterocycles. The summed E-state index contributed by atoms with van der Waals surface area (Å²) in [5.41, 5.74) is 2.77. The van der Waals surface area contributed by atoms with Gasteiger partial charge in [0, 0.05) is 18.3 Å². The minimum absolute atomic E-state index is 0.0859. The molecule has 2 aromatic carbocycles. The van der Waals surface area contributed by atoms with E-state index in [0.29, 0.717) is 26.9 Å². The smallest absolute Gasteiger partial charge is 0.234 e. The number of para-hydroxylation sites is 1. The lowest BCUT2D eigenvalue weighted by Crippen LogP contribution is -2.16. The zero-order chi connectivity index (χ0) is 20.3. The lowest BCUT2D eigenvalue weighted by molar-refractivity contribution is -0.113. The normalized spacial score (nSPS) is 11.1. The van der Waals surface area contributed by atoms with Gasteiger partial charge in [-0.2, -0.15) is 0 Å². The van der Waals surface area contributed by atoms with Gasteiger partial charge in [0.15, 0.2) is 11.0 Å². The van der Waals surface area contributed by atoms with Crippen molar-refractivity contribution in [1.82, 2.24) is 14.8 Å². The number of halogens is 2. The predicted molar refractivity (Wildman–Crippen MR) is 116 cm³/mol. The van der Waals surface area contributed by atoms with E-state index in [9.17, 15) is 4.79 Å². The van der Waals surface area contributed by atoms with Crippen molar-refractivity contribution in [3.05, 3.63) is 58.1 Å². The summed E-state index contributed by atoms with van der Waals surface area (Å²) in [6, 6.07) is 13.1. The van der Waals surface area contributed by atoms with Crippen LogP contribution >= 0.6 is 35.0 Å². The number of hydrogen-bond acceptors (Lipinski definition) is 4. The highest BCUT2D eigenvalue weighted by atomic mass is 35.5. The standard InChI is InChI=1S/C20H20Cl2N4OS/c1-12(2)14-6-4-5-7-17(14)23-18(27)11-28-20-25-24-19(26(20)3)13-8-9-15(21)16(22)10-13/h4-10,12H,11H2,1-3H3,(H,23,27). The SMILES string of the molecule is CC(C)c1ccccc1NC(=O)CSc1nnc(-c2ccc(Cl)c(Cl)c2)n1C. The number of nitrogens with zero attached hydrogens (tertiary/aromatic N) is 3. The monoisotopic (exact) mass is 434 g/mol. The van der Waals surface area contributed by atoms with Crippen LogP contribution in [0, 0.1) is 0 Å². The lowest BCUT2D eigenvalue weighted by Gasteiger charge is -2.13. The molecule has 0 atom stereocenters. The molecule has 0 aliphatic rings. The van der Waals surface area contributed by atoms with Crippen molar-refractivity contribution >= 4 is 46.6 Å². The number of hydrogen-bond donors (Lipinski definition) is 1. The molecule has 0 saturated heterocycles. The number of rotatable bonds is 6. The van der Waals surface area contributed by atoms with Crippen molar-refractivity contribution in [2.75, 3.05) is 11.1 Å². The van der Waals surface area contributed by atoms with Crippen molar-refractivity contribution in [3.63, 3.8) is 0 Å². The molecule has 1 amide bonds. The molecule has 0 radical (unpaired) electrons. The van der Waals surface area contributed by atoms with Crippen LogP contribution in [0.1, 0.15) is 25.3 Å². The summed E-state index contributed by atoms with van der Waals surface area (Å²) in [5, 5.41) is 13.0. The van der Waals surface area contributed by atoms with E-state index in [1.165, 1.54) is 11.8 Å². The van der Waals surface area contributed by atoms with E-state index in [-0.39, 0.29) is 11.7 Å². The average Bonchev–Trinajstić information content (AvgIpc) is 3.03. The molecule has 0 saturated carbocycles. The van der Waals surface area contributed by atoms with Gasteiger partial charge in [0.1, 0.15) is 0 Å². The molecule has 3 aromatic rings. The second-order valence-electron chi connectivity index (χ2n) is 6.57. The first-order chi connectivity index (χ1) is 13.4. The number of carbonyl (C=O) groups is 1. The van der Waals surface area contributed by atoms with Gasteiger partial charge in [-0.25, -0.2) is 0 Å². The van der Waals surface area contributed by atoms with Crippen molar-refractivity contribution in [2.45, 2.75) is 24.9 Å². The van der Waals surface area contributed by atoms with Gasteiger partial charge in [0.05, 0.1) is 15.8 Å². The highest BCUT2D eigenvalue weighted by molar-refractivity contribution is 7.99. The predicted octanol–water partition coefficient (Wildman–Crippen LogP) is 5.64. The van der Waals surface area contributed by atoms with Crippen LogP contribution in [-0.4, -0.2) is 26.4 Å². The van der Waals surface area contributed by atoms with E-state index in [1.54, 1.807) is 12.1 Å². The number of aromatic nitrogens is 3. The summed E-state index contributed by atoms with van der Waals surface area (Å²) in [4.78, 5) is 12.4. The van der Waals surface area contributed by atoms with E-state index < -0.39 is 0 Å². The molecule has 1 N–H and O–H groups in total. The molecule has 3 rings (SSSR count). The van der Waals surface area contributed by atoms with Crippen molar-refractivity contribution in [2.24, 2.45) is 7.05 Å². The van der Waals surface area contributed by atoms with Gasteiger partial charge in [-0.3, -0.25) is 4.79 Å². The Balaban J connectivity index is 1.68. The molecule has 8 heteroatoms. The van der Waals surface area contributed by atoms with Crippen LogP contribution in [0.25, 0.3) is 11.4 Å². The lowest BCUT2D eigenvalue weighted by atomic mass is 10.0. The molecular weight excluding hydrogens is 415 g/mol. The molecule has 0 aliphatic carbocycles. The Morgan fingerprint density at radius 1 is 1.14 bits per heavy atom. The summed E-state index contributed by atoms with van der Waals surface area (Å²) < 4.78 is 1.83. The van der Waals surface area contributed by atoms with Crippen molar-refractivity contribution in [1.29, 1.82) is 0 Å². The number of nitrogens with one attached hydrogen (secondary N) is 1. The summed E-state index contributed by atoms with van der Waals surface area (Å²) >= 11 is 13.4. The van der Waals surface area contributed by atoms with Gasteiger partial charge in [-0.05, 0) is 35.7 Å². The third-order valence-corrected chi connectivity index (χ3v) is 5.96. The molecule has 0 unspecified atom stereocenters. The molecular formula is C20H20Cl2N4OS. The average molecular weight is 435 g/mol. The maximum Gasteiger partial charge on any atom is 0.234 e. The molecule has 146 valence electrons. The van der Waals surface area contributed by atoms with Crippen LogP contribution < -0.4 is 5.32 Å². The summed E-state index contributed by atoms with van der Waals surface area (Å²) in [6.45, 7) is 4.20. The first-order valence-electron chi connectivity index (χ1n) is 8.73. The van der Waals surface area contributed by atoms with Crippen LogP contribution in [0.5, 0.6) is 0 Å². The van der Waals surface area contributed by atoms with E-state index in [4.69, 9.17) is 23.2 Å². The zero-order valence-electron chi connectivity index (χ0n) is 15.7. The van der Waals surface area contributed by atoms with E-state index in [2.05, 4.69) is 29.4 Å². The molecule has 28 heavy (non-hydrogen) atoms. The van der Waals surface area contributed by atoms with Crippen LogP contribution in [0.2, 0.25) is 10.0 Å². The molecule has 0 aliphatic heterocycles. The molecule has 1 heterocycles. The second-order valence-corrected chi connectivity index (χ2v) is 8.33. The van der Waals surface area contributed by atoms with Gasteiger partial charge in [0.2, 0.25) is 5.91 Å². The Labute approximate surface area is 178 Å². The van der Waals surface area contributed by atoms with Crippen LogP contribution in [-0.2, 0) is 11.8 Å². The molecule has 0 bridgehead atoms. The Kier molecular flexibility index (Phi) is 6.65. The third kappa shape index (κ3) is 4.69. The maximum absolute atomic E-state index is 12.4. The maximum atomic E-state index is 12.4. The van der Waals surface area contributed by atoms with Gasteiger partial charge < -0.3 is 9.88 Å². The largest absolute Gasteiger partial charge is 0.325 e. The fourth-order valence-corrected chi connectivity index (χ4v) is 3.77. The quantitative estimate of drug-likeness (QED) is 0.509. The minimum atomic E-state index is -0.0859. The molecule has 5 nitrogen and oxygen atoms in total. The van der Waals surface area contributed by atoms with E-state index in [1.807, 2.05) is 41.9 Å². The first kappa shape index (κ1) is 20.7. The number of benzene rings is 2. The molecule has 0 spiro atoms. The van der Waals surface area contributed by atoms with Crippen LogP contribution in [0.4, 0.5) is 5.69 Å². The van der Waals surface area contributed by atoms with Crippen LogP contribution in [0.3, 0.4) is 0 Å². The Morgan fingerprint density at radius 2 is 1.89 bits per heavy atom. The third-order valence-electron chi connectivity index (χ3n) is 4.20. The van der Waals surface area contributed by atoms with Crippen molar-refractivity contribution < 1.29 is 4.79 Å². The van der Waals surface area contributed by atoms with E-state index in [0.717, 1.165) is 16.8 Å². The highest BCUT2D eigenvalue weighted by Gasteiger charge is 2.15. The molecule has 0 fully saturated rings. The van der Waals surface area contributed by atoms with Gasteiger partial charge in [-0.1, -0.05) is 67.0 Å². The minimum Gasteiger partial charge on any atom is -0.325 e. The van der Waals surface area contributed by atoms with Gasteiger partial charge >= 0.3 is 0 Å². The zero-order valence-corrected chi connectivity index (χ0v) is 18.1. The highest BCUT2D eigenvalue weighted by Crippen LogP contribution is 2.29. The Morgan fingerprint density at radius 3 is 2.61 bits per heavy atom. The van der Waals surface area contributed by atoms with E-state index >= 15 is 0 Å². The number of carbonyl (C=O) groups excluding carboxylic acids is 1. The van der Waals surface area contributed by atoms with Crippen LogP contribution in [0.15, 0.2) is 47.6 Å². The second kappa shape index (κ2) is 8.99. The number of thioether (sulfide) groups is 1.